The van der Waals surface area contributed by atoms with Gasteiger partial charge >= 0.3 is 0 Å². The summed E-state index contributed by atoms with van der Waals surface area (Å²) < 4.78 is 3.36. The second kappa shape index (κ2) is 6.26. The highest BCUT2D eigenvalue weighted by molar-refractivity contribution is 5.80. The van der Waals surface area contributed by atoms with Gasteiger partial charge in [0, 0.05) is 11.6 Å². The molecular weight excluding hydrogens is 340 g/mol. The van der Waals surface area contributed by atoms with E-state index in [0.717, 1.165) is 30.4 Å². The van der Waals surface area contributed by atoms with Crippen molar-refractivity contribution in [3.8, 4) is 11.1 Å². The van der Waals surface area contributed by atoms with Gasteiger partial charge in [0.05, 0.1) is 6.20 Å². The average molecular weight is 360 g/mol. The zero-order valence-electron chi connectivity index (χ0n) is 15.1. The maximum absolute atomic E-state index is 13.1. The molecule has 5 rings (SSSR count). The lowest BCUT2D eigenvalue weighted by Gasteiger charge is -2.29. The Balaban J connectivity index is 1.68. The van der Waals surface area contributed by atoms with Crippen LogP contribution in [0.25, 0.3) is 27.9 Å². The van der Waals surface area contributed by atoms with Gasteiger partial charge in [0.15, 0.2) is 16.8 Å². The summed E-state index contributed by atoms with van der Waals surface area (Å²) in [5.41, 5.74) is 3.06. The topological polar surface area (TPSA) is 78.0 Å². The van der Waals surface area contributed by atoms with Gasteiger partial charge in [0.1, 0.15) is 6.33 Å². The number of hydrogen-bond donors (Lipinski definition) is 0. The second-order valence-electron chi connectivity index (χ2n) is 7.32. The average Bonchev–Trinajstić information content (AvgIpc) is 3.14. The van der Waals surface area contributed by atoms with Crippen molar-refractivity contribution in [3.05, 3.63) is 53.2 Å². The Morgan fingerprint density at radius 2 is 1.85 bits per heavy atom. The second-order valence-corrected chi connectivity index (χ2v) is 7.32. The molecule has 0 aliphatic heterocycles. The molecule has 1 aliphatic rings. The molecule has 0 saturated heterocycles. The van der Waals surface area contributed by atoms with Crippen LogP contribution in [0.2, 0.25) is 0 Å². The van der Waals surface area contributed by atoms with Crippen molar-refractivity contribution in [2.75, 3.05) is 0 Å². The monoisotopic (exact) mass is 360 g/mol. The molecule has 0 amide bonds. The Morgan fingerprint density at radius 3 is 2.67 bits per heavy atom. The number of fused-ring (bicyclic) bond motifs is 3. The van der Waals surface area contributed by atoms with Gasteiger partial charge < -0.3 is 0 Å². The molecule has 3 aromatic heterocycles. The molecule has 2 atom stereocenters. The van der Waals surface area contributed by atoms with E-state index < -0.39 is 0 Å². The molecule has 7 nitrogen and oxygen atoms in total. The summed E-state index contributed by atoms with van der Waals surface area (Å²) in [6, 6.07) is 10.1. The smallest absolute Gasteiger partial charge is 0.283 e. The van der Waals surface area contributed by atoms with Crippen molar-refractivity contribution in [3.63, 3.8) is 0 Å². The molecule has 2 unspecified atom stereocenters. The van der Waals surface area contributed by atoms with E-state index in [0.29, 0.717) is 17.2 Å². The molecule has 0 spiro atoms. The molecule has 0 N–H and O–H groups in total. The Kier molecular flexibility index (Phi) is 3.74. The predicted molar refractivity (Wildman–Crippen MR) is 102 cm³/mol. The van der Waals surface area contributed by atoms with Crippen molar-refractivity contribution in [1.29, 1.82) is 0 Å². The third-order valence-electron chi connectivity index (χ3n) is 5.65. The predicted octanol–water partition coefficient (Wildman–Crippen LogP) is 3.25. The normalized spacial score (nSPS) is 20.3. The molecule has 136 valence electrons. The zero-order valence-corrected chi connectivity index (χ0v) is 15.1. The summed E-state index contributed by atoms with van der Waals surface area (Å²) >= 11 is 0. The van der Waals surface area contributed by atoms with E-state index >= 15 is 0 Å². The van der Waals surface area contributed by atoms with E-state index in [2.05, 4.69) is 27.2 Å². The first kappa shape index (κ1) is 16.1. The molecular formula is C20H20N6O. The molecule has 0 radical (unpaired) electrons. The van der Waals surface area contributed by atoms with E-state index in [9.17, 15) is 4.79 Å². The van der Waals surface area contributed by atoms with Gasteiger partial charge in [0.25, 0.3) is 5.56 Å². The Hall–Kier alpha value is -3.09. The van der Waals surface area contributed by atoms with Crippen LogP contribution in [0.1, 0.15) is 38.6 Å². The summed E-state index contributed by atoms with van der Waals surface area (Å²) in [5, 5.41) is 13.0. The first-order chi connectivity index (χ1) is 13.2. The zero-order chi connectivity index (χ0) is 18.4. The Labute approximate surface area is 155 Å². The van der Waals surface area contributed by atoms with Crippen LogP contribution in [-0.2, 0) is 0 Å². The molecule has 1 fully saturated rings. The summed E-state index contributed by atoms with van der Waals surface area (Å²) in [7, 11) is 0. The first-order valence-corrected chi connectivity index (χ1v) is 9.41. The minimum atomic E-state index is -0.134. The van der Waals surface area contributed by atoms with E-state index in [-0.39, 0.29) is 17.1 Å². The van der Waals surface area contributed by atoms with Crippen LogP contribution < -0.4 is 5.56 Å². The minimum absolute atomic E-state index is 0.134. The van der Waals surface area contributed by atoms with E-state index in [1.165, 1.54) is 6.42 Å². The fourth-order valence-electron chi connectivity index (χ4n) is 4.15. The number of rotatable bonds is 2. The van der Waals surface area contributed by atoms with Crippen LogP contribution >= 0.6 is 0 Å². The number of aromatic nitrogens is 6. The number of benzene rings is 1. The third kappa shape index (κ3) is 2.53. The van der Waals surface area contributed by atoms with Crippen molar-refractivity contribution in [2.45, 2.75) is 38.6 Å². The van der Waals surface area contributed by atoms with Crippen LogP contribution in [0.5, 0.6) is 0 Å². The van der Waals surface area contributed by atoms with Crippen molar-refractivity contribution in [2.24, 2.45) is 5.92 Å². The summed E-state index contributed by atoms with van der Waals surface area (Å²) in [6.45, 7) is 2.20. The summed E-state index contributed by atoms with van der Waals surface area (Å²) in [6.07, 6.45) is 7.91. The number of hydrogen-bond acceptors (Lipinski definition) is 5. The highest BCUT2D eigenvalue weighted by atomic mass is 16.1. The van der Waals surface area contributed by atoms with Gasteiger partial charge in [-0.15, -0.1) is 10.2 Å². The highest BCUT2D eigenvalue weighted by Gasteiger charge is 2.25. The summed E-state index contributed by atoms with van der Waals surface area (Å²) in [4.78, 5) is 17.6. The van der Waals surface area contributed by atoms with Gasteiger partial charge in [-0.05, 0) is 24.3 Å². The van der Waals surface area contributed by atoms with Crippen LogP contribution in [0.15, 0.2) is 47.7 Å². The van der Waals surface area contributed by atoms with E-state index in [1.54, 1.807) is 21.6 Å². The molecule has 1 aliphatic carbocycles. The maximum Gasteiger partial charge on any atom is 0.283 e. The standard InChI is InChI=1S/C20H20N6O/c1-13-7-5-6-10-16(13)25-12-21-19-17(20(25)27)23-24-18-15(11-22-26(18)19)14-8-3-2-4-9-14/h2-4,8-9,11-13,16H,5-7,10H2,1H3. The first-order valence-electron chi connectivity index (χ1n) is 9.41. The minimum Gasteiger partial charge on any atom is -0.294 e. The quantitative estimate of drug-likeness (QED) is 0.548. The Morgan fingerprint density at radius 1 is 1.04 bits per heavy atom. The molecule has 1 aromatic carbocycles. The van der Waals surface area contributed by atoms with Gasteiger partial charge in [-0.25, -0.2) is 4.98 Å². The fraction of sp³-hybridized carbons (Fsp3) is 0.350. The molecule has 27 heavy (non-hydrogen) atoms. The van der Waals surface area contributed by atoms with Gasteiger partial charge in [-0.2, -0.15) is 9.61 Å². The fourth-order valence-corrected chi connectivity index (χ4v) is 4.15. The molecule has 7 heteroatoms. The summed E-state index contributed by atoms with van der Waals surface area (Å²) in [5.74, 6) is 0.460. The molecule has 1 saturated carbocycles. The van der Waals surface area contributed by atoms with Crippen LogP contribution in [-0.4, -0.2) is 29.4 Å². The largest absolute Gasteiger partial charge is 0.294 e. The molecule has 4 aromatic rings. The number of nitrogens with zero attached hydrogens (tertiary/aromatic N) is 6. The van der Waals surface area contributed by atoms with Gasteiger partial charge in [0.2, 0.25) is 0 Å². The van der Waals surface area contributed by atoms with Crippen molar-refractivity contribution >= 4 is 16.8 Å². The lowest BCUT2D eigenvalue weighted by atomic mass is 9.86. The molecule has 0 bridgehead atoms. The van der Waals surface area contributed by atoms with E-state index in [4.69, 9.17) is 0 Å². The van der Waals surface area contributed by atoms with Crippen molar-refractivity contribution in [1.82, 2.24) is 29.4 Å². The third-order valence-corrected chi connectivity index (χ3v) is 5.65. The molecule has 3 heterocycles. The van der Waals surface area contributed by atoms with Gasteiger partial charge in [-0.3, -0.25) is 9.36 Å². The van der Waals surface area contributed by atoms with E-state index in [1.807, 2.05) is 30.3 Å². The van der Waals surface area contributed by atoms with Crippen molar-refractivity contribution < 1.29 is 0 Å². The maximum atomic E-state index is 13.1. The SMILES string of the molecule is CC1CCCCC1n1cnc2c(nnc3c(-c4ccccc4)cnn32)c1=O. The Bertz CT molecular complexity index is 1180. The van der Waals surface area contributed by atoms with Crippen LogP contribution in [0.4, 0.5) is 0 Å². The van der Waals surface area contributed by atoms with Crippen LogP contribution in [0, 0.1) is 5.92 Å². The highest BCUT2D eigenvalue weighted by Crippen LogP contribution is 2.32. The lowest BCUT2D eigenvalue weighted by molar-refractivity contribution is 0.251. The lowest BCUT2D eigenvalue weighted by Crippen LogP contribution is -2.31. The van der Waals surface area contributed by atoms with Gasteiger partial charge in [-0.1, -0.05) is 50.1 Å². The van der Waals surface area contributed by atoms with Crippen LogP contribution in [0.3, 0.4) is 0 Å².